The van der Waals surface area contributed by atoms with Gasteiger partial charge in [-0.3, -0.25) is 19.3 Å². The lowest BCUT2D eigenvalue weighted by Crippen LogP contribution is -2.49. The van der Waals surface area contributed by atoms with Crippen LogP contribution in [0.1, 0.15) is 29.3 Å². The summed E-state index contributed by atoms with van der Waals surface area (Å²) in [6.07, 6.45) is 0.148. The second kappa shape index (κ2) is 8.70. The second-order valence-corrected chi connectivity index (χ2v) is 9.32. The first-order valence-corrected chi connectivity index (χ1v) is 11.7. The van der Waals surface area contributed by atoms with Crippen molar-refractivity contribution in [3.63, 3.8) is 0 Å². The standard InChI is InChI=1S/C22H23FN4O4S/c1-15(28)16-6-7-19(18(23)14-16)26-10-12-27(13-11-26)21(29)8-9-24-22-17-4-2-3-5-20(17)32(30,31)25-22/h2-7,14H,8-13H2,1H3,(H,24,25). The van der Waals surface area contributed by atoms with Crippen LogP contribution in [0.3, 0.4) is 0 Å². The number of benzene rings is 2. The molecule has 0 aliphatic carbocycles. The molecule has 168 valence electrons. The minimum absolute atomic E-state index is 0.0875. The maximum atomic E-state index is 14.4. The molecule has 2 aliphatic rings. The van der Waals surface area contributed by atoms with E-state index in [-0.39, 0.29) is 35.4 Å². The fourth-order valence-electron chi connectivity index (χ4n) is 3.85. The van der Waals surface area contributed by atoms with Crippen LogP contribution in [-0.2, 0) is 14.8 Å². The number of amidine groups is 1. The molecule has 0 saturated carbocycles. The number of Topliss-reactive ketones (excluding diaryl/α,β-unsaturated/α-hetero) is 1. The minimum atomic E-state index is -3.60. The second-order valence-electron chi connectivity index (χ2n) is 7.67. The quantitative estimate of drug-likeness (QED) is 0.689. The zero-order valence-electron chi connectivity index (χ0n) is 17.5. The molecule has 1 fully saturated rings. The van der Waals surface area contributed by atoms with Gasteiger partial charge in [0.05, 0.1) is 17.1 Å². The van der Waals surface area contributed by atoms with Crippen molar-refractivity contribution in [3.8, 4) is 0 Å². The summed E-state index contributed by atoms with van der Waals surface area (Å²) in [6, 6.07) is 11.0. The molecule has 0 spiro atoms. The molecule has 2 heterocycles. The normalized spacial score (nSPS) is 18.4. The summed E-state index contributed by atoms with van der Waals surface area (Å²) in [5.41, 5.74) is 1.25. The molecule has 0 bridgehead atoms. The van der Waals surface area contributed by atoms with Crippen LogP contribution in [0.4, 0.5) is 10.1 Å². The number of sulfonamides is 1. The Morgan fingerprint density at radius 2 is 1.81 bits per heavy atom. The molecule has 10 heteroatoms. The van der Waals surface area contributed by atoms with E-state index in [4.69, 9.17) is 0 Å². The first-order chi connectivity index (χ1) is 15.3. The number of halogens is 1. The minimum Gasteiger partial charge on any atom is -0.366 e. The summed E-state index contributed by atoms with van der Waals surface area (Å²) < 4.78 is 41.0. The van der Waals surface area contributed by atoms with Crippen molar-refractivity contribution in [2.75, 3.05) is 37.6 Å². The van der Waals surface area contributed by atoms with Crippen molar-refractivity contribution in [2.45, 2.75) is 18.2 Å². The number of hydrogen-bond acceptors (Lipinski definition) is 6. The SMILES string of the molecule is CC(=O)c1ccc(N2CCN(C(=O)CCN=C3NS(=O)(=O)c4ccccc43)CC2)c(F)c1. The number of anilines is 1. The van der Waals surface area contributed by atoms with Crippen molar-refractivity contribution in [2.24, 2.45) is 4.99 Å². The molecule has 32 heavy (non-hydrogen) atoms. The van der Waals surface area contributed by atoms with Crippen molar-refractivity contribution in [1.29, 1.82) is 0 Å². The summed E-state index contributed by atoms with van der Waals surface area (Å²) >= 11 is 0. The molecule has 1 amide bonds. The Bertz CT molecular complexity index is 1200. The van der Waals surface area contributed by atoms with Gasteiger partial charge in [-0.1, -0.05) is 12.1 Å². The molecule has 2 aliphatic heterocycles. The molecule has 0 unspecified atom stereocenters. The van der Waals surface area contributed by atoms with Gasteiger partial charge >= 0.3 is 0 Å². The fraction of sp³-hybridized carbons (Fsp3) is 0.318. The zero-order valence-corrected chi connectivity index (χ0v) is 18.4. The van der Waals surface area contributed by atoms with Gasteiger partial charge in [-0.15, -0.1) is 0 Å². The molecular formula is C22H23FN4O4S. The lowest BCUT2D eigenvalue weighted by Gasteiger charge is -2.36. The van der Waals surface area contributed by atoms with Gasteiger partial charge in [0.2, 0.25) is 5.91 Å². The van der Waals surface area contributed by atoms with Crippen molar-refractivity contribution in [1.82, 2.24) is 9.62 Å². The average Bonchev–Trinajstić information content (AvgIpc) is 3.04. The van der Waals surface area contributed by atoms with Gasteiger partial charge in [0.1, 0.15) is 11.7 Å². The van der Waals surface area contributed by atoms with Gasteiger partial charge in [-0.2, -0.15) is 0 Å². The van der Waals surface area contributed by atoms with Gasteiger partial charge in [0.15, 0.2) is 5.78 Å². The highest BCUT2D eigenvalue weighted by Gasteiger charge is 2.30. The Kier molecular flexibility index (Phi) is 5.96. The summed E-state index contributed by atoms with van der Waals surface area (Å²) in [5, 5.41) is 0. The van der Waals surface area contributed by atoms with Crippen LogP contribution in [0.25, 0.3) is 0 Å². The third-order valence-corrected chi connectivity index (χ3v) is 6.98. The number of carbonyl (C=O) groups is 2. The molecule has 0 atom stereocenters. The van der Waals surface area contributed by atoms with E-state index in [1.54, 1.807) is 35.2 Å². The van der Waals surface area contributed by atoms with Crippen LogP contribution in [0, 0.1) is 5.82 Å². The number of nitrogens with zero attached hydrogens (tertiary/aromatic N) is 3. The molecule has 0 radical (unpaired) electrons. The number of fused-ring (bicyclic) bond motifs is 1. The Morgan fingerprint density at radius 1 is 1.09 bits per heavy atom. The van der Waals surface area contributed by atoms with Gasteiger partial charge < -0.3 is 9.80 Å². The van der Waals surface area contributed by atoms with E-state index in [2.05, 4.69) is 9.71 Å². The van der Waals surface area contributed by atoms with Crippen LogP contribution < -0.4 is 9.62 Å². The summed E-state index contributed by atoms with van der Waals surface area (Å²) in [7, 11) is -3.60. The number of nitrogens with one attached hydrogen (secondary N) is 1. The number of amides is 1. The number of carbonyl (C=O) groups excluding carboxylic acids is 2. The smallest absolute Gasteiger partial charge is 0.263 e. The summed E-state index contributed by atoms with van der Waals surface area (Å²) in [6.45, 7) is 3.39. The van der Waals surface area contributed by atoms with Gasteiger partial charge in [-0.25, -0.2) is 12.8 Å². The van der Waals surface area contributed by atoms with Crippen LogP contribution in [0.15, 0.2) is 52.4 Å². The Balaban J connectivity index is 1.32. The topological polar surface area (TPSA) is 99.2 Å². The number of hydrogen-bond donors (Lipinski definition) is 1. The van der Waals surface area contributed by atoms with Crippen molar-refractivity contribution >= 4 is 33.2 Å². The molecule has 4 rings (SSSR count). The predicted octanol–water partition coefficient (Wildman–Crippen LogP) is 1.81. The first-order valence-electron chi connectivity index (χ1n) is 10.3. The highest BCUT2D eigenvalue weighted by molar-refractivity contribution is 7.90. The zero-order chi connectivity index (χ0) is 22.9. The van der Waals surface area contributed by atoms with Gasteiger partial charge in [-0.05, 0) is 37.3 Å². The van der Waals surface area contributed by atoms with E-state index < -0.39 is 15.8 Å². The van der Waals surface area contributed by atoms with Crippen LogP contribution >= 0.6 is 0 Å². The first kappa shape index (κ1) is 21.9. The molecule has 0 aromatic heterocycles. The van der Waals surface area contributed by atoms with Crippen LogP contribution in [0.2, 0.25) is 0 Å². The fourth-order valence-corrected chi connectivity index (χ4v) is 5.10. The van der Waals surface area contributed by atoms with E-state index in [1.807, 2.05) is 4.90 Å². The lowest BCUT2D eigenvalue weighted by molar-refractivity contribution is -0.131. The van der Waals surface area contributed by atoms with Crippen LogP contribution in [0.5, 0.6) is 0 Å². The average molecular weight is 459 g/mol. The lowest BCUT2D eigenvalue weighted by atomic mass is 10.1. The Labute approximate surface area is 185 Å². The largest absolute Gasteiger partial charge is 0.366 e. The molecule has 8 nitrogen and oxygen atoms in total. The number of rotatable bonds is 5. The van der Waals surface area contributed by atoms with Gasteiger partial charge in [0, 0.05) is 43.7 Å². The highest BCUT2D eigenvalue weighted by Crippen LogP contribution is 2.23. The van der Waals surface area contributed by atoms with E-state index in [0.717, 1.165) is 0 Å². The Morgan fingerprint density at radius 3 is 2.50 bits per heavy atom. The van der Waals surface area contributed by atoms with Gasteiger partial charge in [0.25, 0.3) is 10.0 Å². The van der Waals surface area contributed by atoms with Crippen LogP contribution in [-0.4, -0.2) is 63.6 Å². The molecule has 1 saturated heterocycles. The number of ketones is 1. The number of piperazine rings is 1. The predicted molar refractivity (Wildman–Crippen MR) is 118 cm³/mol. The summed E-state index contributed by atoms with van der Waals surface area (Å²) in [4.78, 5) is 32.0. The molecular weight excluding hydrogens is 435 g/mol. The maximum absolute atomic E-state index is 14.4. The molecule has 1 N–H and O–H groups in total. The molecule has 2 aromatic rings. The van der Waals surface area contributed by atoms with Crippen molar-refractivity contribution in [3.05, 3.63) is 59.4 Å². The monoisotopic (exact) mass is 458 g/mol. The Hall–Kier alpha value is -3.27. The van der Waals surface area contributed by atoms with Crippen molar-refractivity contribution < 1.29 is 22.4 Å². The summed E-state index contributed by atoms with van der Waals surface area (Å²) in [5.74, 6) is -0.478. The third kappa shape index (κ3) is 4.36. The third-order valence-electron chi connectivity index (χ3n) is 5.59. The maximum Gasteiger partial charge on any atom is 0.263 e. The number of aliphatic imine (C=N–C) groups is 1. The highest BCUT2D eigenvalue weighted by atomic mass is 32.2. The molecule has 2 aromatic carbocycles. The van der Waals surface area contributed by atoms with E-state index >= 15 is 0 Å². The van der Waals surface area contributed by atoms with E-state index in [1.165, 1.54) is 19.1 Å². The van der Waals surface area contributed by atoms with E-state index in [9.17, 15) is 22.4 Å². The van der Waals surface area contributed by atoms with E-state index in [0.29, 0.717) is 43.0 Å².